The normalized spacial score (nSPS) is 13.9. The Kier molecular flexibility index (Phi) is 4.03. The third kappa shape index (κ3) is 3.12. The topological polar surface area (TPSA) is 35.2 Å². The lowest BCUT2D eigenvalue weighted by molar-refractivity contribution is -0.149. The summed E-state index contributed by atoms with van der Waals surface area (Å²) in [5, 5.41) is 0. The molecule has 17 heavy (non-hydrogen) atoms. The van der Waals surface area contributed by atoms with E-state index >= 15 is 0 Å². The van der Waals surface area contributed by atoms with Crippen LogP contribution in [0.15, 0.2) is 18.2 Å². The monoisotopic (exact) mass is 247 g/mol. The minimum atomic E-state index is -4.47. The van der Waals surface area contributed by atoms with E-state index in [1.54, 1.807) is 6.07 Å². The van der Waals surface area contributed by atoms with Gasteiger partial charge in [-0.1, -0.05) is 19.9 Å². The summed E-state index contributed by atoms with van der Waals surface area (Å²) in [5.74, 6) is 0.305. The maximum absolute atomic E-state index is 12.6. The van der Waals surface area contributed by atoms with E-state index in [0.717, 1.165) is 5.56 Å². The van der Waals surface area contributed by atoms with Crippen LogP contribution in [0.3, 0.4) is 0 Å². The average molecular weight is 247 g/mol. The van der Waals surface area contributed by atoms with Crippen molar-refractivity contribution in [3.8, 4) is 5.75 Å². The zero-order chi connectivity index (χ0) is 13.2. The van der Waals surface area contributed by atoms with Crippen molar-refractivity contribution in [2.75, 3.05) is 7.11 Å². The van der Waals surface area contributed by atoms with Gasteiger partial charge in [-0.3, -0.25) is 0 Å². The molecule has 0 saturated heterocycles. The number of alkyl halides is 3. The minimum Gasteiger partial charge on any atom is -0.496 e. The molecule has 2 nitrogen and oxygen atoms in total. The molecular formula is C12H16F3NO. The van der Waals surface area contributed by atoms with Crippen LogP contribution in [-0.2, 0) is 0 Å². The van der Waals surface area contributed by atoms with Gasteiger partial charge in [-0.25, -0.2) is 0 Å². The number of hydrogen-bond donors (Lipinski definition) is 1. The van der Waals surface area contributed by atoms with E-state index in [0.29, 0.717) is 0 Å². The summed E-state index contributed by atoms with van der Waals surface area (Å²) in [6, 6.07) is 2.71. The molecule has 5 heteroatoms. The third-order valence-electron chi connectivity index (χ3n) is 2.61. The fourth-order valence-electron chi connectivity index (χ4n) is 1.53. The molecule has 1 atom stereocenters. The SMILES string of the molecule is COc1ccc(C(C)C)cc1[C@H](N)C(F)(F)F. The van der Waals surface area contributed by atoms with E-state index in [1.165, 1.54) is 19.2 Å². The molecule has 0 bridgehead atoms. The first kappa shape index (κ1) is 13.8. The summed E-state index contributed by atoms with van der Waals surface area (Å²) in [5.41, 5.74) is 6.00. The first-order chi connectivity index (χ1) is 7.77. The van der Waals surface area contributed by atoms with E-state index in [-0.39, 0.29) is 17.2 Å². The Balaban J connectivity index is 3.23. The molecule has 0 unspecified atom stereocenters. The van der Waals surface area contributed by atoms with Crippen LogP contribution in [-0.4, -0.2) is 13.3 Å². The lowest BCUT2D eigenvalue weighted by Crippen LogP contribution is -2.29. The molecule has 0 amide bonds. The molecule has 0 aliphatic carbocycles. The van der Waals surface area contributed by atoms with Crippen LogP contribution in [0.2, 0.25) is 0 Å². The summed E-state index contributed by atoms with van der Waals surface area (Å²) in [7, 11) is 1.33. The highest BCUT2D eigenvalue weighted by atomic mass is 19.4. The van der Waals surface area contributed by atoms with Crippen LogP contribution in [0.4, 0.5) is 13.2 Å². The van der Waals surface area contributed by atoms with Gasteiger partial charge in [-0.2, -0.15) is 13.2 Å². The van der Waals surface area contributed by atoms with Gasteiger partial charge in [0.15, 0.2) is 0 Å². The van der Waals surface area contributed by atoms with Gasteiger partial charge in [-0.05, 0) is 23.6 Å². The Morgan fingerprint density at radius 1 is 1.24 bits per heavy atom. The molecule has 0 saturated carbocycles. The number of ether oxygens (including phenoxy) is 1. The van der Waals surface area contributed by atoms with Gasteiger partial charge in [-0.15, -0.1) is 0 Å². The van der Waals surface area contributed by atoms with Gasteiger partial charge in [0.25, 0.3) is 0 Å². The van der Waals surface area contributed by atoms with Crippen molar-refractivity contribution in [2.45, 2.75) is 32.0 Å². The van der Waals surface area contributed by atoms with Gasteiger partial charge in [0.05, 0.1) is 7.11 Å². The minimum absolute atomic E-state index is 0.0220. The molecule has 1 aromatic rings. The number of methoxy groups -OCH3 is 1. The van der Waals surface area contributed by atoms with Crippen molar-refractivity contribution in [2.24, 2.45) is 5.73 Å². The number of halogens is 3. The second kappa shape index (κ2) is 4.96. The van der Waals surface area contributed by atoms with Gasteiger partial charge < -0.3 is 10.5 Å². The molecule has 0 radical (unpaired) electrons. The predicted octanol–water partition coefficient (Wildman–Crippen LogP) is 3.38. The van der Waals surface area contributed by atoms with Crippen LogP contribution in [0.5, 0.6) is 5.75 Å². The van der Waals surface area contributed by atoms with E-state index in [2.05, 4.69) is 0 Å². The number of hydrogen-bond acceptors (Lipinski definition) is 2. The van der Waals surface area contributed by atoms with E-state index in [4.69, 9.17) is 10.5 Å². The molecule has 0 aromatic heterocycles. The zero-order valence-corrected chi connectivity index (χ0v) is 10.0. The van der Waals surface area contributed by atoms with E-state index in [9.17, 15) is 13.2 Å². The lowest BCUT2D eigenvalue weighted by Gasteiger charge is -2.20. The Bertz CT molecular complexity index is 388. The maximum Gasteiger partial charge on any atom is 0.407 e. The zero-order valence-electron chi connectivity index (χ0n) is 10.0. The molecule has 0 heterocycles. The number of rotatable bonds is 3. The summed E-state index contributed by atoms with van der Waals surface area (Å²) < 4.78 is 42.7. The number of benzene rings is 1. The van der Waals surface area contributed by atoms with E-state index < -0.39 is 12.2 Å². The maximum atomic E-state index is 12.6. The van der Waals surface area contributed by atoms with Crippen LogP contribution >= 0.6 is 0 Å². The molecule has 0 spiro atoms. The van der Waals surface area contributed by atoms with Crippen molar-refractivity contribution in [3.63, 3.8) is 0 Å². The Hall–Kier alpha value is -1.23. The standard InChI is InChI=1S/C12H16F3NO/c1-7(2)8-4-5-10(17-3)9(6-8)11(16)12(13,14)15/h4-7,11H,16H2,1-3H3/t11-/m0/s1. The molecule has 2 N–H and O–H groups in total. The van der Waals surface area contributed by atoms with Gasteiger partial charge in [0.2, 0.25) is 0 Å². The van der Waals surface area contributed by atoms with Crippen molar-refractivity contribution in [1.29, 1.82) is 0 Å². The van der Waals surface area contributed by atoms with Crippen LogP contribution < -0.4 is 10.5 Å². The van der Waals surface area contributed by atoms with Gasteiger partial charge >= 0.3 is 6.18 Å². The summed E-state index contributed by atoms with van der Waals surface area (Å²) in [6.07, 6.45) is -4.47. The van der Waals surface area contributed by atoms with Gasteiger partial charge in [0, 0.05) is 5.56 Å². The van der Waals surface area contributed by atoms with Crippen LogP contribution in [0.25, 0.3) is 0 Å². The molecule has 96 valence electrons. The Morgan fingerprint density at radius 3 is 2.24 bits per heavy atom. The average Bonchev–Trinajstić information content (AvgIpc) is 2.25. The quantitative estimate of drug-likeness (QED) is 0.888. The van der Waals surface area contributed by atoms with Crippen LogP contribution in [0.1, 0.15) is 36.9 Å². The predicted molar refractivity (Wildman–Crippen MR) is 60.1 cm³/mol. The van der Waals surface area contributed by atoms with E-state index in [1.807, 2.05) is 13.8 Å². The fraction of sp³-hybridized carbons (Fsp3) is 0.500. The fourth-order valence-corrected chi connectivity index (χ4v) is 1.53. The van der Waals surface area contributed by atoms with Crippen molar-refractivity contribution >= 4 is 0 Å². The second-order valence-corrected chi connectivity index (χ2v) is 4.18. The summed E-state index contributed by atoms with van der Waals surface area (Å²) in [4.78, 5) is 0. The Labute approximate surface area is 98.6 Å². The highest BCUT2D eigenvalue weighted by Gasteiger charge is 2.39. The number of nitrogens with two attached hydrogens (primary N) is 1. The van der Waals surface area contributed by atoms with Crippen molar-refractivity contribution < 1.29 is 17.9 Å². The van der Waals surface area contributed by atoms with Crippen LogP contribution in [0, 0.1) is 0 Å². The Morgan fingerprint density at radius 2 is 1.82 bits per heavy atom. The highest BCUT2D eigenvalue weighted by molar-refractivity contribution is 5.41. The van der Waals surface area contributed by atoms with Crippen molar-refractivity contribution in [3.05, 3.63) is 29.3 Å². The third-order valence-corrected chi connectivity index (χ3v) is 2.61. The highest BCUT2D eigenvalue weighted by Crippen LogP contribution is 2.36. The lowest BCUT2D eigenvalue weighted by atomic mass is 9.97. The molecule has 0 aliphatic rings. The molecular weight excluding hydrogens is 231 g/mol. The summed E-state index contributed by atoms with van der Waals surface area (Å²) in [6.45, 7) is 3.81. The van der Waals surface area contributed by atoms with Crippen molar-refractivity contribution in [1.82, 2.24) is 0 Å². The van der Waals surface area contributed by atoms with Gasteiger partial charge in [0.1, 0.15) is 11.8 Å². The summed E-state index contributed by atoms with van der Waals surface area (Å²) >= 11 is 0. The molecule has 0 aliphatic heterocycles. The first-order valence-corrected chi connectivity index (χ1v) is 5.27. The first-order valence-electron chi connectivity index (χ1n) is 5.27. The second-order valence-electron chi connectivity index (χ2n) is 4.18. The smallest absolute Gasteiger partial charge is 0.407 e. The molecule has 1 rings (SSSR count). The largest absolute Gasteiger partial charge is 0.496 e. The molecule has 1 aromatic carbocycles. The molecule has 0 fully saturated rings.